The Morgan fingerprint density at radius 3 is 1.83 bits per heavy atom. The van der Waals surface area contributed by atoms with Gasteiger partial charge in [0.2, 0.25) is 0 Å². The van der Waals surface area contributed by atoms with Crippen LogP contribution in [0.3, 0.4) is 0 Å². The molecule has 0 rings (SSSR count). The number of hydrogen-bond donors (Lipinski definition) is 2. The highest BCUT2D eigenvalue weighted by molar-refractivity contribution is 5.71. The Bertz CT molecular complexity index is 59.8. The number of rotatable bonds is 0. The molecule has 0 aromatic heterocycles. The zero-order chi connectivity index (χ0) is 5.15. The summed E-state index contributed by atoms with van der Waals surface area (Å²) >= 11 is 0. The molecule has 0 radical (unpaired) electrons. The van der Waals surface area contributed by atoms with Crippen LogP contribution < -0.4 is 5.73 Å². The van der Waals surface area contributed by atoms with Gasteiger partial charge in [-0.15, -0.1) is 0 Å². The van der Waals surface area contributed by atoms with Gasteiger partial charge in [0.1, 0.15) is 0 Å². The van der Waals surface area contributed by atoms with E-state index in [2.05, 4.69) is 5.73 Å². The van der Waals surface area contributed by atoms with Crippen molar-refractivity contribution in [3.8, 4) is 0 Å². The van der Waals surface area contributed by atoms with E-state index in [4.69, 9.17) is 5.41 Å². The van der Waals surface area contributed by atoms with Crippen molar-refractivity contribution in [2.24, 2.45) is 5.73 Å². The Morgan fingerprint density at radius 2 is 1.83 bits per heavy atom. The fourth-order valence-corrected chi connectivity index (χ4v) is 0. The van der Waals surface area contributed by atoms with Crippen molar-refractivity contribution < 1.29 is 8.96 Å². The van der Waals surface area contributed by atoms with Gasteiger partial charge < -0.3 is 5.73 Å². The van der Waals surface area contributed by atoms with Crippen LogP contribution in [0.4, 0.5) is 8.96 Å². The van der Waals surface area contributed by atoms with E-state index in [9.17, 15) is 8.96 Å². The molecule has 0 aromatic carbocycles. The fraction of sp³-hybridized carbons (Fsp3) is 0. The molecule has 0 spiro atoms. The largest absolute Gasteiger partial charge is 0.366 e. The third-order valence-electron chi connectivity index (χ3n) is 0.182. The van der Waals surface area contributed by atoms with Crippen molar-refractivity contribution in [1.82, 2.24) is 5.34 Å². The molecule has 0 saturated heterocycles. The molecular weight excluding hydrogens is 92.0 g/mol. The molecule has 0 aliphatic heterocycles. The minimum Gasteiger partial charge on any atom is -0.366 e. The molecular formula is CH3F2N3. The summed E-state index contributed by atoms with van der Waals surface area (Å²) in [5.41, 5.74) is 4.19. The minimum absolute atomic E-state index is 1.24. The van der Waals surface area contributed by atoms with Gasteiger partial charge in [0.25, 0.3) is 5.96 Å². The maximum Gasteiger partial charge on any atom is 0.252 e. The van der Waals surface area contributed by atoms with Crippen LogP contribution in [-0.4, -0.2) is 11.3 Å². The maximum absolute atomic E-state index is 10.6. The molecule has 0 unspecified atom stereocenters. The van der Waals surface area contributed by atoms with Gasteiger partial charge in [-0.1, -0.05) is 8.96 Å². The average Bonchev–Trinajstić information content (AvgIpc) is 1.36. The Balaban J connectivity index is 3.26. The van der Waals surface area contributed by atoms with Gasteiger partial charge in [-0.05, 0) is 5.34 Å². The molecule has 3 N–H and O–H groups in total. The highest BCUT2D eigenvalue weighted by Crippen LogP contribution is 1.81. The molecule has 0 saturated carbocycles. The quantitative estimate of drug-likeness (QED) is 0.252. The molecule has 6 heavy (non-hydrogen) atoms. The number of hydrogen-bond acceptors (Lipinski definition) is 1. The Morgan fingerprint density at radius 1 is 1.67 bits per heavy atom. The third kappa shape index (κ3) is 1.45. The molecule has 0 heterocycles. The maximum atomic E-state index is 10.6. The summed E-state index contributed by atoms with van der Waals surface area (Å²) < 4.78 is 21.3. The molecule has 0 atom stereocenters. The highest BCUT2D eigenvalue weighted by Gasteiger charge is 1.95. The Hall–Kier alpha value is -0.870. The molecule has 36 valence electrons. The van der Waals surface area contributed by atoms with Crippen LogP contribution >= 0.6 is 0 Å². The number of halogens is 2. The van der Waals surface area contributed by atoms with Gasteiger partial charge in [-0.25, -0.2) is 0 Å². The van der Waals surface area contributed by atoms with E-state index in [-0.39, 0.29) is 0 Å². The van der Waals surface area contributed by atoms with E-state index in [1.54, 1.807) is 0 Å². The van der Waals surface area contributed by atoms with E-state index in [0.29, 0.717) is 0 Å². The lowest BCUT2D eigenvalue weighted by Gasteiger charge is -1.91. The Labute approximate surface area is 32.7 Å². The van der Waals surface area contributed by atoms with Crippen molar-refractivity contribution in [2.45, 2.75) is 0 Å². The van der Waals surface area contributed by atoms with Crippen molar-refractivity contribution >= 4 is 5.96 Å². The molecule has 0 amide bonds. The van der Waals surface area contributed by atoms with E-state index in [1.165, 1.54) is 0 Å². The molecule has 0 aliphatic rings. The zero-order valence-electron chi connectivity index (χ0n) is 2.78. The summed E-state index contributed by atoms with van der Waals surface area (Å²) in [6.45, 7) is 0. The zero-order valence-corrected chi connectivity index (χ0v) is 2.78. The van der Waals surface area contributed by atoms with Gasteiger partial charge in [-0.3, -0.25) is 5.41 Å². The van der Waals surface area contributed by atoms with Gasteiger partial charge in [-0.2, -0.15) is 0 Å². The first kappa shape index (κ1) is 5.13. The third-order valence-corrected chi connectivity index (χ3v) is 0.182. The fourth-order valence-electron chi connectivity index (χ4n) is 0. The lowest BCUT2D eigenvalue weighted by Crippen LogP contribution is -2.21. The highest BCUT2D eigenvalue weighted by atomic mass is 19.4. The summed E-state index contributed by atoms with van der Waals surface area (Å²) in [7, 11) is 0. The number of nitrogens with zero attached hydrogens (tertiary/aromatic N) is 1. The van der Waals surface area contributed by atoms with E-state index >= 15 is 0 Å². The standard InChI is InChI=1S/CH3F2N3/c2-6(3)1(4)5/h(H3,4,5). The van der Waals surface area contributed by atoms with Crippen LogP contribution in [0.15, 0.2) is 0 Å². The topological polar surface area (TPSA) is 53.1 Å². The van der Waals surface area contributed by atoms with Crippen LogP contribution in [0, 0.1) is 5.41 Å². The van der Waals surface area contributed by atoms with Gasteiger partial charge in [0.05, 0.1) is 0 Å². The number of nitrogens with one attached hydrogen (secondary N) is 1. The normalized spacial score (nSPS) is 7.67. The lowest BCUT2D eigenvalue weighted by atomic mass is 11.1. The molecule has 0 aliphatic carbocycles. The summed E-state index contributed by atoms with van der Waals surface area (Å²) in [5.74, 6) is -1.24. The summed E-state index contributed by atoms with van der Waals surface area (Å²) in [6, 6.07) is 0. The second-order valence-electron chi connectivity index (χ2n) is 0.618. The van der Waals surface area contributed by atoms with Gasteiger partial charge in [0.15, 0.2) is 0 Å². The first-order chi connectivity index (χ1) is 2.64. The van der Waals surface area contributed by atoms with E-state index in [1.807, 2.05) is 0 Å². The predicted octanol–water partition coefficient (Wildman–Crippen LogP) is -0.0491. The number of guanidine groups is 1. The van der Waals surface area contributed by atoms with Gasteiger partial charge >= 0.3 is 0 Å². The summed E-state index contributed by atoms with van der Waals surface area (Å²) in [6.07, 6.45) is 0. The summed E-state index contributed by atoms with van der Waals surface area (Å²) in [5, 5.41) is 4.43. The molecule has 0 bridgehead atoms. The van der Waals surface area contributed by atoms with Crippen molar-refractivity contribution in [3.05, 3.63) is 0 Å². The van der Waals surface area contributed by atoms with Crippen LogP contribution in [-0.2, 0) is 0 Å². The average molecular weight is 95.1 g/mol. The molecule has 5 heteroatoms. The molecule has 0 aromatic rings. The molecule has 0 fully saturated rings. The SMILES string of the molecule is N=C(N)N(F)F. The Kier molecular flexibility index (Phi) is 1.31. The first-order valence-electron chi connectivity index (χ1n) is 1.10. The molecule has 3 nitrogen and oxygen atoms in total. The van der Waals surface area contributed by atoms with Crippen molar-refractivity contribution in [3.63, 3.8) is 0 Å². The van der Waals surface area contributed by atoms with Crippen LogP contribution in [0.2, 0.25) is 0 Å². The van der Waals surface area contributed by atoms with E-state index in [0.717, 1.165) is 0 Å². The van der Waals surface area contributed by atoms with Crippen molar-refractivity contribution in [1.29, 1.82) is 5.41 Å². The monoisotopic (exact) mass is 95.0 g/mol. The second-order valence-corrected chi connectivity index (χ2v) is 0.618. The predicted molar refractivity (Wildman–Crippen MR) is 16.0 cm³/mol. The van der Waals surface area contributed by atoms with Crippen LogP contribution in [0.5, 0.6) is 0 Å². The second kappa shape index (κ2) is 1.54. The first-order valence-corrected chi connectivity index (χ1v) is 1.10. The van der Waals surface area contributed by atoms with Crippen LogP contribution in [0.1, 0.15) is 0 Å². The van der Waals surface area contributed by atoms with Crippen LogP contribution in [0.25, 0.3) is 0 Å². The van der Waals surface area contributed by atoms with E-state index < -0.39 is 11.3 Å². The minimum atomic E-state index is -1.47. The van der Waals surface area contributed by atoms with Gasteiger partial charge in [0, 0.05) is 0 Å². The number of nitrogens with two attached hydrogens (primary N) is 1. The summed E-state index contributed by atoms with van der Waals surface area (Å²) in [4.78, 5) is 0. The van der Waals surface area contributed by atoms with Crippen molar-refractivity contribution in [2.75, 3.05) is 0 Å². The lowest BCUT2D eigenvalue weighted by molar-refractivity contribution is -0.0762. The smallest absolute Gasteiger partial charge is 0.252 e.